The molecule has 2 unspecified atom stereocenters. The molecule has 1 amide bonds. The molecule has 1 N–H and O–H groups in total. The summed E-state index contributed by atoms with van der Waals surface area (Å²) >= 11 is 0. The summed E-state index contributed by atoms with van der Waals surface area (Å²) < 4.78 is 1.82. The Morgan fingerprint density at radius 2 is 2.23 bits per heavy atom. The zero-order chi connectivity index (χ0) is 15.9. The van der Waals surface area contributed by atoms with Crippen molar-refractivity contribution in [3.63, 3.8) is 0 Å². The van der Waals surface area contributed by atoms with Gasteiger partial charge in [0.1, 0.15) is 0 Å². The van der Waals surface area contributed by atoms with Gasteiger partial charge in [0, 0.05) is 43.5 Å². The van der Waals surface area contributed by atoms with Gasteiger partial charge in [-0.2, -0.15) is 10.2 Å². The smallest absolute Gasteiger partial charge is 0.229 e. The fourth-order valence-electron chi connectivity index (χ4n) is 3.48. The second-order valence-corrected chi connectivity index (χ2v) is 6.29. The fourth-order valence-corrected chi connectivity index (χ4v) is 3.48. The van der Waals surface area contributed by atoms with Crippen LogP contribution in [-0.4, -0.2) is 43.9 Å². The number of carbonyl (C=O) groups is 1. The molecule has 0 radical (unpaired) electrons. The van der Waals surface area contributed by atoms with Crippen molar-refractivity contribution in [2.45, 2.75) is 39.0 Å². The number of nitrogens with zero attached hydrogens (tertiary/aromatic N) is 4. The van der Waals surface area contributed by atoms with Crippen molar-refractivity contribution in [2.75, 3.05) is 13.1 Å². The Morgan fingerprint density at radius 1 is 1.45 bits per heavy atom. The number of rotatable bonds is 3. The normalized spacial score (nSPS) is 19.6. The first-order valence-electron chi connectivity index (χ1n) is 7.76. The number of likely N-dealkylation sites (tertiary alicyclic amines) is 1. The van der Waals surface area contributed by atoms with E-state index in [-0.39, 0.29) is 11.8 Å². The van der Waals surface area contributed by atoms with Gasteiger partial charge in [-0.1, -0.05) is 0 Å². The van der Waals surface area contributed by atoms with Gasteiger partial charge in [0.25, 0.3) is 0 Å². The quantitative estimate of drug-likeness (QED) is 0.941. The highest BCUT2D eigenvalue weighted by molar-refractivity contribution is 5.84. The maximum atomic E-state index is 12.8. The Balaban J connectivity index is 1.71. The van der Waals surface area contributed by atoms with Gasteiger partial charge in [-0.15, -0.1) is 0 Å². The van der Waals surface area contributed by atoms with E-state index in [0.717, 1.165) is 36.5 Å². The molecule has 0 spiro atoms. The average Bonchev–Trinajstić information content (AvgIpc) is 3.18. The number of aromatic amines is 1. The number of aromatic nitrogens is 4. The van der Waals surface area contributed by atoms with Crippen molar-refractivity contribution in [3.8, 4) is 0 Å². The van der Waals surface area contributed by atoms with Crippen LogP contribution in [0.1, 0.15) is 47.7 Å². The molecule has 2 aromatic rings. The lowest BCUT2D eigenvalue weighted by atomic mass is 9.97. The lowest BCUT2D eigenvalue weighted by molar-refractivity contribution is -0.131. The van der Waals surface area contributed by atoms with Gasteiger partial charge in [-0.25, -0.2) is 0 Å². The molecule has 0 bridgehead atoms. The molecular weight excluding hydrogens is 278 g/mol. The predicted molar refractivity (Wildman–Crippen MR) is 83.6 cm³/mol. The van der Waals surface area contributed by atoms with E-state index in [4.69, 9.17) is 0 Å². The van der Waals surface area contributed by atoms with E-state index in [1.165, 1.54) is 5.56 Å². The minimum absolute atomic E-state index is 0.147. The van der Waals surface area contributed by atoms with E-state index in [2.05, 4.69) is 15.3 Å². The molecule has 118 valence electrons. The SMILES string of the molecule is Cc1n[nH]c(C)c1C(C)C(=O)N1CCC(c2cnn(C)c2)C1. The van der Waals surface area contributed by atoms with Crippen molar-refractivity contribution in [2.24, 2.45) is 7.05 Å². The Morgan fingerprint density at radius 3 is 2.82 bits per heavy atom. The van der Waals surface area contributed by atoms with E-state index in [1.807, 2.05) is 49.8 Å². The molecule has 2 aromatic heterocycles. The van der Waals surface area contributed by atoms with Crippen LogP contribution in [0.4, 0.5) is 0 Å². The van der Waals surface area contributed by atoms with E-state index in [9.17, 15) is 4.79 Å². The molecule has 3 heterocycles. The molecule has 1 aliphatic rings. The highest BCUT2D eigenvalue weighted by atomic mass is 16.2. The van der Waals surface area contributed by atoms with E-state index < -0.39 is 0 Å². The number of H-pyrrole nitrogens is 1. The maximum absolute atomic E-state index is 12.8. The van der Waals surface area contributed by atoms with Gasteiger partial charge >= 0.3 is 0 Å². The van der Waals surface area contributed by atoms with Crippen LogP contribution in [0.5, 0.6) is 0 Å². The van der Waals surface area contributed by atoms with Crippen molar-refractivity contribution in [1.29, 1.82) is 0 Å². The van der Waals surface area contributed by atoms with E-state index >= 15 is 0 Å². The summed E-state index contributed by atoms with van der Waals surface area (Å²) in [5, 5.41) is 11.4. The number of carbonyl (C=O) groups excluding carboxylic acids is 1. The third-order valence-corrected chi connectivity index (χ3v) is 4.68. The minimum atomic E-state index is -0.147. The molecule has 1 saturated heterocycles. The van der Waals surface area contributed by atoms with Gasteiger partial charge in [0.2, 0.25) is 5.91 Å². The first kappa shape index (κ1) is 14.8. The predicted octanol–water partition coefficient (Wildman–Crippen LogP) is 1.88. The molecule has 6 nitrogen and oxygen atoms in total. The molecule has 3 rings (SSSR count). The van der Waals surface area contributed by atoms with Gasteiger partial charge < -0.3 is 4.90 Å². The molecule has 2 atom stereocenters. The van der Waals surface area contributed by atoms with Crippen LogP contribution in [0.3, 0.4) is 0 Å². The first-order valence-corrected chi connectivity index (χ1v) is 7.76. The molecule has 6 heteroatoms. The third kappa shape index (κ3) is 2.53. The molecule has 1 fully saturated rings. The van der Waals surface area contributed by atoms with Gasteiger partial charge in [-0.05, 0) is 32.8 Å². The zero-order valence-electron chi connectivity index (χ0n) is 13.6. The first-order chi connectivity index (χ1) is 10.5. The summed E-state index contributed by atoms with van der Waals surface area (Å²) in [6.07, 6.45) is 4.96. The standard InChI is InChI=1S/C16H23N5O/c1-10(15-11(2)18-19-12(15)3)16(22)21-6-5-13(9-21)14-7-17-20(4)8-14/h7-8,10,13H,5-6,9H2,1-4H3,(H,18,19). The molecular formula is C16H23N5O. The Hall–Kier alpha value is -2.11. The number of amides is 1. The summed E-state index contributed by atoms with van der Waals surface area (Å²) in [5.41, 5.74) is 4.17. The third-order valence-electron chi connectivity index (χ3n) is 4.68. The van der Waals surface area contributed by atoms with Crippen LogP contribution in [-0.2, 0) is 11.8 Å². The number of hydrogen-bond acceptors (Lipinski definition) is 3. The number of hydrogen-bond donors (Lipinski definition) is 1. The van der Waals surface area contributed by atoms with Gasteiger partial charge in [0.05, 0.1) is 17.8 Å². The van der Waals surface area contributed by atoms with Crippen molar-refractivity contribution < 1.29 is 4.79 Å². The maximum Gasteiger partial charge on any atom is 0.229 e. The highest BCUT2D eigenvalue weighted by Gasteiger charge is 2.32. The molecule has 0 saturated carbocycles. The summed E-state index contributed by atoms with van der Waals surface area (Å²) in [7, 11) is 1.92. The largest absolute Gasteiger partial charge is 0.342 e. The topological polar surface area (TPSA) is 66.8 Å². The Kier molecular flexibility index (Phi) is 3.76. The summed E-state index contributed by atoms with van der Waals surface area (Å²) in [6.45, 7) is 7.50. The number of nitrogens with one attached hydrogen (secondary N) is 1. The Labute approximate surface area is 130 Å². The monoisotopic (exact) mass is 301 g/mol. The molecule has 22 heavy (non-hydrogen) atoms. The van der Waals surface area contributed by atoms with Crippen molar-refractivity contribution >= 4 is 5.91 Å². The molecule has 0 aliphatic carbocycles. The molecule has 0 aromatic carbocycles. The lowest BCUT2D eigenvalue weighted by Gasteiger charge is -2.21. The van der Waals surface area contributed by atoms with Crippen molar-refractivity contribution in [1.82, 2.24) is 24.9 Å². The van der Waals surface area contributed by atoms with E-state index in [0.29, 0.717) is 5.92 Å². The van der Waals surface area contributed by atoms with E-state index in [1.54, 1.807) is 0 Å². The van der Waals surface area contributed by atoms with Crippen molar-refractivity contribution in [3.05, 3.63) is 34.9 Å². The van der Waals surface area contributed by atoms with Crippen LogP contribution in [0.15, 0.2) is 12.4 Å². The second-order valence-electron chi connectivity index (χ2n) is 6.29. The number of aryl methyl sites for hydroxylation is 3. The van der Waals surface area contributed by atoms with Crippen LogP contribution in [0.2, 0.25) is 0 Å². The van der Waals surface area contributed by atoms with Crippen LogP contribution in [0.25, 0.3) is 0 Å². The zero-order valence-corrected chi connectivity index (χ0v) is 13.6. The average molecular weight is 301 g/mol. The summed E-state index contributed by atoms with van der Waals surface area (Å²) in [6, 6.07) is 0. The van der Waals surface area contributed by atoms with Gasteiger partial charge in [0.15, 0.2) is 0 Å². The summed E-state index contributed by atoms with van der Waals surface area (Å²) in [5.74, 6) is 0.446. The fraction of sp³-hybridized carbons (Fsp3) is 0.562. The highest BCUT2D eigenvalue weighted by Crippen LogP contribution is 2.30. The minimum Gasteiger partial charge on any atom is -0.342 e. The Bertz CT molecular complexity index is 667. The summed E-state index contributed by atoms with van der Waals surface area (Å²) in [4.78, 5) is 14.8. The van der Waals surface area contributed by atoms with Gasteiger partial charge in [-0.3, -0.25) is 14.6 Å². The van der Waals surface area contributed by atoms with Crippen LogP contribution >= 0.6 is 0 Å². The van der Waals surface area contributed by atoms with Crippen LogP contribution < -0.4 is 0 Å². The molecule has 1 aliphatic heterocycles. The van der Waals surface area contributed by atoms with Crippen LogP contribution in [0, 0.1) is 13.8 Å². The lowest BCUT2D eigenvalue weighted by Crippen LogP contribution is -2.32. The second kappa shape index (κ2) is 5.59.